The highest BCUT2D eigenvalue weighted by atomic mass is 35.5. The molecule has 2 aromatic rings. The number of hydrogen-bond acceptors (Lipinski definition) is 3. The van der Waals surface area contributed by atoms with Gasteiger partial charge in [-0.25, -0.2) is 0 Å². The number of thioether (sulfide) groups is 1. The van der Waals surface area contributed by atoms with Crippen LogP contribution in [0.25, 0.3) is 0 Å². The number of carbonyl (C=O) groups excluding carboxylic acids is 2. The van der Waals surface area contributed by atoms with Gasteiger partial charge in [0, 0.05) is 21.0 Å². The molecule has 1 amide bonds. The Labute approximate surface area is 132 Å². The van der Waals surface area contributed by atoms with Crippen molar-refractivity contribution in [2.75, 3.05) is 12.8 Å². The van der Waals surface area contributed by atoms with Crippen molar-refractivity contribution < 1.29 is 9.59 Å². The fourth-order valence-corrected chi connectivity index (χ4v) is 2.28. The lowest BCUT2D eigenvalue weighted by Gasteiger charge is -2.05. The minimum absolute atomic E-state index is 0.0370. The average Bonchev–Trinajstić information content (AvgIpc) is 2.53. The second-order valence-corrected chi connectivity index (χ2v) is 5.66. The first-order chi connectivity index (χ1) is 10.1. The Bertz CT molecular complexity index is 638. The summed E-state index contributed by atoms with van der Waals surface area (Å²) in [5.74, 6) is -0.411. The number of ketones is 1. The van der Waals surface area contributed by atoms with Crippen molar-refractivity contribution in [3.8, 4) is 0 Å². The lowest BCUT2D eigenvalue weighted by molar-refractivity contribution is 0.0904. The van der Waals surface area contributed by atoms with Crippen molar-refractivity contribution in [1.29, 1.82) is 0 Å². The van der Waals surface area contributed by atoms with E-state index in [-0.39, 0.29) is 18.2 Å². The number of halogens is 1. The molecule has 0 radical (unpaired) electrons. The summed E-state index contributed by atoms with van der Waals surface area (Å²) in [4.78, 5) is 25.0. The highest BCUT2D eigenvalue weighted by molar-refractivity contribution is 7.98. The average molecular weight is 320 g/mol. The standard InChI is InChI=1S/C16H14ClNO2S/c1-21-14-8-4-12(5-9-14)16(20)18-10-15(19)11-2-6-13(17)7-3-11/h2-9H,10H2,1H3,(H,18,20). The van der Waals surface area contributed by atoms with Crippen molar-refractivity contribution in [1.82, 2.24) is 5.32 Å². The van der Waals surface area contributed by atoms with Gasteiger partial charge in [0.25, 0.3) is 5.91 Å². The maximum absolute atomic E-state index is 11.9. The van der Waals surface area contributed by atoms with Crippen molar-refractivity contribution >= 4 is 35.1 Å². The molecule has 0 fully saturated rings. The number of nitrogens with one attached hydrogen (secondary N) is 1. The largest absolute Gasteiger partial charge is 0.345 e. The Morgan fingerprint density at radius 3 is 2.14 bits per heavy atom. The third-order valence-electron chi connectivity index (χ3n) is 2.93. The van der Waals surface area contributed by atoms with E-state index in [1.165, 1.54) is 0 Å². The molecule has 0 atom stereocenters. The summed E-state index contributed by atoms with van der Waals surface area (Å²) < 4.78 is 0. The van der Waals surface area contributed by atoms with Crippen LogP contribution in [0.1, 0.15) is 20.7 Å². The molecule has 0 unspecified atom stereocenters. The Kier molecular flexibility index (Phi) is 5.42. The molecule has 0 heterocycles. The second kappa shape index (κ2) is 7.29. The Hall–Kier alpha value is -1.78. The van der Waals surface area contributed by atoms with Crippen LogP contribution >= 0.6 is 23.4 Å². The third-order valence-corrected chi connectivity index (χ3v) is 3.92. The molecule has 3 nitrogen and oxygen atoms in total. The number of rotatable bonds is 5. The van der Waals surface area contributed by atoms with E-state index < -0.39 is 0 Å². The molecule has 0 aliphatic rings. The van der Waals surface area contributed by atoms with Crippen molar-refractivity contribution in [2.45, 2.75) is 4.90 Å². The van der Waals surface area contributed by atoms with E-state index in [9.17, 15) is 9.59 Å². The van der Waals surface area contributed by atoms with Crippen LogP contribution in [0, 0.1) is 0 Å². The predicted molar refractivity (Wildman–Crippen MR) is 86.3 cm³/mol. The molecule has 2 rings (SSSR count). The summed E-state index contributed by atoms with van der Waals surface area (Å²) in [6.07, 6.45) is 1.97. The summed E-state index contributed by atoms with van der Waals surface area (Å²) >= 11 is 7.38. The van der Waals surface area contributed by atoms with Crippen molar-refractivity contribution in [3.05, 3.63) is 64.7 Å². The number of amides is 1. The summed E-state index contributed by atoms with van der Waals surface area (Å²) in [5, 5.41) is 3.19. The van der Waals surface area contributed by atoms with Crippen LogP contribution in [-0.2, 0) is 0 Å². The first-order valence-corrected chi connectivity index (χ1v) is 7.91. The smallest absolute Gasteiger partial charge is 0.251 e. The second-order valence-electron chi connectivity index (χ2n) is 4.34. The molecule has 2 aromatic carbocycles. The molecule has 21 heavy (non-hydrogen) atoms. The van der Waals surface area contributed by atoms with Gasteiger partial charge in [-0.1, -0.05) is 11.6 Å². The van der Waals surface area contributed by atoms with Crippen molar-refractivity contribution in [3.63, 3.8) is 0 Å². The molecule has 0 bridgehead atoms. The van der Waals surface area contributed by atoms with Gasteiger partial charge in [-0.15, -0.1) is 11.8 Å². The molecular weight excluding hydrogens is 306 g/mol. The summed E-state index contributed by atoms with van der Waals surface area (Å²) in [6, 6.07) is 13.8. The summed E-state index contributed by atoms with van der Waals surface area (Å²) in [7, 11) is 0. The van der Waals surface area contributed by atoms with Crippen LogP contribution in [0.4, 0.5) is 0 Å². The number of hydrogen-bond donors (Lipinski definition) is 1. The first-order valence-electron chi connectivity index (χ1n) is 6.31. The van der Waals surface area contributed by atoms with Crippen molar-refractivity contribution in [2.24, 2.45) is 0 Å². The molecule has 0 aromatic heterocycles. The lowest BCUT2D eigenvalue weighted by atomic mass is 10.1. The third kappa shape index (κ3) is 4.34. The number of carbonyl (C=O) groups is 2. The molecule has 108 valence electrons. The maximum Gasteiger partial charge on any atom is 0.251 e. The molecule has 0 saturated heterocycles. The monoisotopic (exact) mass is 319 g/mol. The van der Waals surface area contributed by atoms with Crippen LogP contribution in [0.15, 0.2) is 53.4 Å². The van der Waals surface area contributed by atoms with Gasteiger partial charge in [0.15, 0.2) is 5.78 Å². The quantitative estimate of drug-likeness (QED) is 0.675. The van der Waals surface area contributed by atoms with E-state index in [1.54, 1.807) is 48.2 Å². The van der Waals surface area contributed by atoms with Gasteiger partial charge in [0.1, 0.15) is 0 Å². The SMILES string of the molecule is CSc1ccc(C(=O)NCC(=O)c2ccc(Cl)cc2)cc1. The highest BCUT2D eigenvalue weighted by Crippen LogP contribution is 2.14. The molecule has 1 N–H and O–H groups in total. The molecule has 0 aliphatic carbocycles. The van der Waals surface area contributed by atoms with Gasteiger partial charge >= 0.3 is 0 Å². The minimum Gasteiger partial charge on any atom is -0.345 e. The van der Waals surface area contributed by atoms with Gasteiger partial charge in [0.2, 0.25) is 0 Å². The zero-order chi connectivity index (χ0) is 15.2. The van der Waals surface area contributed by atoms with Crippen LogP contribution < -0.4 is 5.32 Å². The van der Waals surface area contributed by atoms with E-state index in [2.05, 4.69) is 5.32 Å². The molecule has 0 saturated carbocycles. The van der Waals surface area contributed by atoms with Gasteiger partial charge in [0.05, 0.1) is 6.54 Å². The number of benzene rings is 2. The van der Waals surface area contributed by atoms with E-state index >= 15 is 0 Å². The Balaban J connectivity index is 1.93. The van der Waals surface area contributed by atoms with E-state index in [0.29, 0.717) is 16.1 Å². The van der Waals surface area contributed by atoms with Crippen LogP contribution in [0.5, 0.6) is 0 Å². The van der Waals surface area contributed by atoms with Gasteiger partial charge in [-0.3, -0.25) is 9.59 Å². The van der Waals surface area contributed by atoms with E-state index in [1.807, 2.05) is 18.4 Å². The minimum atomic E-state index is -0.259. The molecule has 0 spiro atoms. The normalized spacial score (nSPS) is 10.2. The Morgan fingerprint density at radius 1 is 1.00 bits per heavy atom. The molecular formula is C16H14ClNO2S. The lowest BCUT2D eigenvalue weighted by Crippen LogP contribution is -2.29. The van der Waals surface area contributed by atoms with E-state index in [0.717, 1.165) is 4.90 Å². The fourth-order valence-electron chi connectivity index (χ4n) is 1.74. The highest BCUT2D eigenvalue weighted by Gasteiger charge is 2.09. The maximum atomic E-state index is 11.9. The van der Waals surface area contributed by atoms with Gasteiger partial charge < -0.3 is 5.32 Å². The van der Waals surface area contributed by atoms with Crippen LogP contribution in [0.2, 0.25) is 5.02 Å². The van der Waals surface area contributed by atoms with Gasteiger partial charge in [-0.05, 0) is 54.8 Å². The fraction of sp³-hybridized carbons (Fsp3) is 0.125. The zero-order valence-corrected chi connectivity index (χ0v) is 13.0. The first kappa shape index (κ1) is 15.6. The topological polar surface area (TPSA) is 46.2 Å². The summed E-state index contributed by atoms with van der Waals surface area (Å²) in [6.45, 7) is -0.0370. The predicted octanol–water partition coefficient (Wildman–Crippen LogP) is 3.67. The summed E-state index contributed by atoms with van der Waals surface area (Å²) in [5.41, 5.74) is 1.06. The van der Waals surface area contributed by atoms with Crippen LogP contribution in [0.3, 0.4) is 0 Å². The Morgan fingerprint density at radius 2 is 1.57 bits per heavy atom. The van der Waals surface area contributed by atoms with Gasteiger partial charge in [-0.2, -0.15) is 0 Å². The molecule has 5 heteroatoms. The molecule has 0 aliphatic heterocycles. The van der Waals surface area contributed by atoms with Crippen LogP contribution in [-0.4, -0.2) is 24.5 Å². The number of Topliss-reactive ketones (excluding diaryl/α,β-unsaturated/α-hetero) is 1. The van der Waals surface area contributed by atoms with E-state index in [4.69, 9.17) is 11.6 Å². The zero-order valence-electron chi connectivity index (χ0n) is 11.4.